The molecule has 0 amide bonds. The highest BCUT2D eigenvalue weighted by Gasteiger charge is 2.72. The van der Waals surface area contributed by atoms with Crippen molar-refractivity contribution >= 4 is 17.5 Å². The first-order chi connectivity index (χ1) is 17.5. The third-order valence-corrected chi connectivity index (χ3v) is 11.8. The van der Waals surface area contributed by atoms with E-state index in [1.165, 1.54) is 13.0 Å². The highest BCUT2D eigenvalue weighted by atomic mass is 16.6. The van der Waals surface area contributed by atoms with Crippen molar-refractivity contribution in [2.24, 2.45) is 40.4 Å². The molecule has 5 N–H and O–H groups in total. The number of cyclic esters (lactones) is 1. The first-order valence-corrected chi connectivity index (χ1v) is 14.0. The molecule has 9 nitrogen and oxygen atoms in total. The molecule has 0 bridgehead atoms. The predicted octanol–water partition coefficient (Wildman–Crippen LogP) is 1.07. The number of carbonyl (C=O) groups excluding carboxylic acids is 3. The Balaban J connectivity index is 1.49. The molecule has 9 heteroatoms. The smallest absolute Gasteiger partial charge is 0.309 e. The second-order valence-electron chi connectivity index (χ2n) is 13.5. The van der Waals surface area contributed by atoms with Crippen LogP contribution < -0.4 is 0 Å². The number of allylic oxidation sites excluding steroid dienone is 1. The molecule has 1 heterocycles. The number of hydrogen-bond donors (Lipinski definition) is 5. The van der Waals surface area contributed by atoms with Crippen molar-refractivity contribution in [1.29, 1.82) is 0 Å². The van der Waals surface area contributed by atoms with Crippen LogP contribution in [-0.4, -0.2) is 78.7 Å². The van der Waals surface area contributed by atoms with Crippen LogP contribution in [0.3, 0.4) is 0 Å². The molecule has 5 rings (SSSR count). The minimum atomic E-state index is -1.89. The number of rotatable bonds is 4. The SMILES string of the molecule is CC1OC(=O)C(C)C1CC(=O)C(C)(O)C1CCC2(O)C3=CC(=O)C4CC(O)C(O)CC4(C)C3CC(O)C12C. The molecule has 212 valence electrons. The zero-order valence-corrected chi connectivity index (χ0v) is 22.9. The maximum Gasteiger partial charge on any atom is 0.309 e. The molecule has 0 radical (unpaired) electrons. The molecule has 5 aliphatic rings. The Bertz CT molecular complexity index is 1080. The third-order valence-electron chi connectivity index (χ3n) is 11.8. The van der Waals surface area contributed by atoms with Crippen LogP contribution in [0, 0.1) is 40.4 Å². The molecule has 0 aromatic rings. The summed E-state index contributed by atoms with van der Waals surface area (Å²) in [6.45, 7) is 8.46. The van der Waals surface area contributed by atoms with E-state index >= 15 is 0 Å². The van der Waals surface area contributed by atoms with Crippen LogP contribution in [-0.2, 0) is 19.1 Å². The Kier molecular flexibility index (Phi) is 6.37. The number of aliphatic hydroxyl groups is 5. The number of carbonyl (C=O) groups is 3. The van der Waals surface area contributed by atoms with Crippen molar-refractivity contribution in [1.82, 2.24) is 0 Å². The lowest BCUT2D eigenvalue weighted by atomic mass is 9.45. The lowest BCUT2D eigenvalue weighted by Crippen LogP contribution is -2.67. The van der Waals surface area contributed by atoms with Gasteiger partial charge in [-0.25, -0.2) is 0 Å². The highest BCUT2D eigenvalue weighted by Crippen LogP contribution is 2.68. The predicted molar refractivity (Wildman–Crippen MR) is 134 cm³/mol. The summed E-state index contributed by atoms with van der Waals surface area (Å²) >= 11 is 0. The van der Waals surface area contributed by atoms with Gasteiger partial charge in [-0.3, -0.25) is 14.4 Å². The molecule has 3 saturated carbocycles. The largest absolute Gasteiger partial charge is 0.462 e. The fourth-order valence-electron chi connectivity index (χ4n) is 9.16. The van der Waals surface area contributed by atoms with Crippen LogP contribution in [0.4, 0.5) is 0 Å². The Morgan fingerprint density at radius 1 is 1.11 bits per heavy atom. The third kappa shape index (κ3) is 3.51. The van der Waals surface area contributed by atoms with Gasteiger partial charge in [-0.2, -0.15) is 0 Å². The van der Waals surface area contributed by atoms with Gasteiger partial charge in [0, 0.05) is 29.6 Å². The molecule has 4 aliphatic carbocycles. The van der Waals surface area contributed by atoms with Crippen LogP contribution in [0.5, 0.6) is 0 Å². The van der Waals surface area contributed by atoms with Crippen molar-refractivity contribution < 1.29 is 44.7 Å². The number of esters is 1. The molecule has 0 aromatic carbocycles. The number of ketones is 2. The summed E-state index contributed by atoms with van der Waals surface area (Å²) in [6, 6.07) is 0. The van der Waals surface area contributed by atoms with E-state index in [4.69, 9.17) is 4.74 Å². The Hall–Kier alpha value is -1.65. The van der Waals surface area contributed by atoms with E-state index in [0.29, 0.717) is 5.57 Å². The molecule has 1 aliphatic heterocycles. The number of Topliss-reactive ketones (excluding diaryl/α,β-unsaturated/α-hetero) is 1. The van der Waals surface area contributed by atoms with Crippen LogP contribution in [0.1, 0.15) is 73.1 Å². The molecule has 0 spiro atoms. The van der Waals surface area contributed by atoms with Crippen molar-refractivity contribution in [3.05, 3.63) is 11.6 Å². The fraction of sp³-hybridized carbons (Fsp3) is 0.828. The quantitative estimate of drug-likeness (QED) is 0.332. The molecule has 0 aromatic heterocycles. The summed E-state index contributed by atoms with van der Waals surface area (Å²) in [6.07, 6.45) is -1.23. The minimum Gasteiger partial charge on any atom is -0.462 e. The van der Waals surface area contributed by atoms with Crippen LogP contribution in [0.15, 0.2) is 11.6 Å². The summed E-state index contributed by atoms with van der Waals surface area (Å²) < 4.78 is 5.27. The molecule has 38 heavy (non-hydrogen) atoms. The number of fused-ring (bicyclic) bond motifs is 5. The second kappa shape index (κ2) is 8.67. The van der Waals surface area contributed by atoms with Crippen molar-refractivity contribution in [3.63, 3.8) is 0 Å². The zero-order valence-electron chi connectivity index (χ0n) is 22.9. The van der Waals surface area contributed by atoms with E-state index in [2.05, 4.69) is 0 Å². The van der Waals surface area contributed by atoms with Gasteiger partial charge in [-0.05, 0) is 68.9 Å². The molecule has 4 fully saturated rings. The van der Waals surface area contributed by atoms with Crippen LogP contribution in [0.25, 0.3) is 0 Å². The van der Waals surface area contributed by atoms with E-state index in [1.54, 1.807) is 20.8 Å². The van der Waals surface area contributed by atoms with Gasteiger partial charge in [0.15, 0.2) is 11.6 Å². The van der Waals surface area contributed by atoms with Crippen LogP contribution in [0.2, 0.25) is 0 Å². The summed E-state index contributed by atoms with van der Waals surface area (Å²) in [5.41, 5.74) is -5.10. The summed E-state index contributed by atoms with van der Waals surface area (Å²) in [5, 5.41) is 56.5. The topological polar surface area (TPSA) is 162 Å². The maximum atomic E-state index is 13.6. The van der Waals surface area contributed by atoms with Crippen molar-refractivity contribution in [3.8, 4) is 0 Å². The van der Waals surface area contributed by atoms with Crippen molar-refractivity contribution in [2.45, 2.75) is 109 Å². The Morgan fingerprint density at radius 2 is 1.76 bits per heavy atom. The van der Waals surface area contributed by atoms with Crippen molar-refractivity contribution in [2.75, 3.05) is 0 Å². The summed E-state index contributed by atoms with van der Waals surface area (Å²) in [5.74, 6) is -3.62. The van der Waals surface area contributed by atoms with Crippen LogP contribution >= 0.6 is 0 Å². The van der Waals surface area contributed by atoms with E-state index in [1.807, 2.05) is 6.92 Å². The molecular formula is C29H42O9. The maximum absolute atomic E-state index is 13.6. The fourth-order valence-corrected chi connectivity index (χ4v) is 9.16. The van der Waals surface area contributed by atoms with E-state index in [-0.39, 0.29) is 56.2 Å². The number of aliphatic hydroxyl groups excluding tert-OH is 3. The van der Waals surface area contributed by atoms with Gasteiger partial charge in [0.1, 0.15) is 11.7 Å². The lowest BCUT2D eigenvalue weighted by molar-refractivity contribution is -0.198. The second-order valence-corrected chi connectivity index (χ2v) is 13.5. The lowest BCUT2D eigenvalue weighted by Gasteiger charge is -2.62. The average molecular weight is 535 g/mol. The zero-order chi connectivity index (χ0) is 28.2. The number of ether oxygens (including phenoxy) is 1. The summed E-state index contributed by atoms with van der Waals surface area (Å²) in [7, 11) is 0. The van der Waals surface area contributed by atoms with E-state index in [9.17, 15) is 39.9 Å². The van der Waals surface area contributed by atoms with Gasteiger partial charge in [-0.15, -0.1) is 0 Å². The highest BCUT2D eigenvalue weighted by molar-refractivity contribution is 5.95. The number of hydrogen-bond acceptors (Lipinski definition) is 9. The first kappa shape index (κ1) is 27.9. The molecule has 13 atom stereocenters. The Labute approximate surface area is 223 Å². The van der Waals surface area contributed by atoms with Gasteiger partial charge < -0.3 is 30.3 Å². The molecule has 1 saturated heterocycles. The summed E-state index contributed by atoms with van der Waals surface area (Å²) in [4.78, 5) is 38.9. The van der Waals surface area contributed by atoms with Gasteiger partial charge in [0.2, 0.25) is 0 Å². The van der Waals surface area contributed by atoms with E-state index in [0.717, 1.165) is 0 Å². The average Bonchev–Trinajstić information content (AvgIpc) is 3.25. The monoisotopic (exact) mass is 534 g/mol. The normalized spacial score (nSPS) is 51.8. The standard InChI is InChI=1S/C29H42O9/c1-13-15(14(2)38-25(13)35)8-24(34)28(5,36)22-6-7-29(37)17-9-19(30)18-10-20(31)21(32)12-26(18,3)16(17)11-23(33)27(22,29)4/h9,13-16,18,20-23,31-33,36-37H,6-8,10-12H2,1-5H3. The van der Waals surface area contributed by atoms with Gasteiger partial charge in [0.25, 0.3) is 0 Å². The minimum absolute atomic E-state index is 0.0635. The van der Waals surface area contributed by atoms with Gasteiger partial charge in [0.05, 0.1) is 29.8 Å². The molecule has 13 unspecified atom stereocenters. The Morgan fingerprint density at radius 3 is 2.37 bits per heavy atom. The van der Waals surface area contributed by atoms with Gasteiger partial charge in [-0.1, -0.05) is 20.8 Å². The van der Waals surface area contributed by atoms with Gasteiger partial charge >= 0.3 is 5.97 Å². The van der Waals surface area contributed by atoms with E-state index < -0.39 is 75.9 Å². The first-order valence-electron chi connectivity index (χ1n) is 14.0. The molecular weight excluding hydrogens is 492 g/mol.